The Morgan fingerprint density at radius 1 is 0.309 bits per heavy atom. The molecule has 0 fully saturated rings. The predicted molar refractivity (Wildman–Crippen MR) is 213 cm³/mol. The van der Waals surface area contributed by atoms with Crippen molar-refractivity contribution in [3.63, 3.8) is 0 Å². The fourth-order valence-corrected chi connectivity index (χ4v) is 8.19. The molecule has 0 aliphatic carbocycles. The molecule has 55 heavy (non-hydrogen) atoms. The van der Waals surface area contributed by atoms with Gasteiger partial charge in [-0.25, -0.2) is 0 Å². The first-order valence-electron chi connectivity index (χ1n) is 17.3. The van der Waals surface area contributed by atoms with E-state index in [1.54, 1.807) is 36.4 Å². The van der Waals surface area contributed by atoms with E-state index in [1.807, 2.05) is 54.6 Å². The van der Waals surface area contributed by atoms with Crippen molar-refractivity contribution in [2.75, 3.05) is 0 Å². The van der Waals surface area contributed by atoms with Crippen LogP contribution in [0.3, 0.4) is 0 Å². The largest absolute Gasteiger partial charge is 0.504 e. The van der Waals surface area contributed by atoms with E-state index in [0.717, 1.165) is 38.1 Å². The van der Waals surface area contributed by atoms with Crippen LogP contribution in [0.25, 0.3) is 98.4 Å². The first-order chi connectivity index (χ1) is 26.6. The van der Waals surface area contributed by atoms with Crippen molar-refractivity contribution < 1.29 is 45.3 Å². The maximum Gasteiger partial charge on any atom is 0.204 e. The van der Waals surface area contributed by atoms with Crippen LogP contribution in [0.2, 0.25) is 0 Å². The van der Waals surface area contributed by atoms with E-state index in [-0.39, 0.29) is 32.7 Å². The van der Waals surface area contributed by atoms with E-state index < -0.39 is 46.0 Å². The minimum Gasteiger partial charge on any atom is -0.504 e. The second-order valence-electron chi connectivity index (χ2n) is 13.6. The summed E-state index contributed by atoms with van der Waals surface area (Å²) in [6, 6.07) is 37.7. The quantitative estimate of drug-likeness (QED) is 0.0381. The fraction of sp³-hybridized carbons (Fsp3) is 0. The highest BCUT2D eigenvalue weighted by Crippen LogP contribution is 2.62. The molecule has 1 aromatic heterocycles. The zero-order chi connectivity index (χ0) is 37.9. The Kier molecular flexibility index (Phi) is 6.59. The van der Waals surface area contributed by atoms with Crippen LogP contribution in [0.1, 0.15) is 0 Å². The van der Waals surface area contributed by atoms with Crippen molar-refractivity contribution in [1.82, 2.24) is 0 Å². The van der Waals surface area contributed by atoms with Gasteiger partial charge in [0, 0.05) is 43.4 Å². The Morgan fingerprint density at radius 3 is 1.44 bits per heavy atom. The van der Waals surface area contributed by atoms with Gasteiger partial charge in [0.1, 0.15) is 11.2 Å². The average Bonchev–Trinajstić information content (AvgIpc) is 3.60. The summed E-state index contributed by atoms with van der Waals surface area (Å²) < 4.78 is 6.01. The van der Waals surface area contributed by atoms with Gasteiger partial charge in [-0.3, -0.25) is 0 Å². The van der Waals surface area contributed by atoms with Crippen LogP contribution < -0.4 is 0 Å². The second kappa shape index (κ2) is 11.4. The molecule has 0 aliphatic rings. The van der Waals surface area contributed by atoms with Crippen LogP contribution in [0.5, 0.6) is 46.0 Å². The molecule has 0 saturated heterocycles. The number of hydrogen-bond donors (Lipinski definition) is 8. The van der Waals surface area contributed by atoms with Gasteiger partial charge in [0.25, 0.3) is 0 Å². The molecular weight excluding hydrogens is 696 g/mol. The van der Waals surface area contributed by atoms with E-state index in [4.69, 9.17) is 4.42 Å². The number of benzene rings is 9. The van der Waals surface area contributed by atoms with E-state index in [2.05, 4.69) is 30.3 Å². The zero-order valence-corrected chi connectivity index (χ0v) is 28.5. The lowest BCUT2D eigenvalue weighted by atomic mass is 9.83. The maximum atomic E-state index is 11.6. The lowest BCUT2D eigenvalue weighted by molar-refractivity contribution is 0.350. The van der Waals surface area contributed by atoms with Crippen molar-refractivity contribution in [1.29, 1.82) is 0 Å². The van der Waals surface area contributed by atoms with Gasteiger partial charge in [0.15, 0.2) is 23.0 Å². The molecule has 10 rings (SSSR count). The summed E-state index contributed by atoms with van der Waals surface area (Å²) in [6.07, 6.45) is 0. The minimum atomic E-state index is -1.03. The van der Waals surface area contributed by atoms with Crippen molar-refractivity contribution in [3.05, 3.63) is 121 Å². The monoisotopic (exact) mass is 724 g/mol. The van der Waals surface area contributed by atoms with Gasteiger partial charge in [0.05, 0.1) is 0 Å². The van der Waals surface area contributed by atoms with Gasteiger partial charge < -0.3 is 45.3 Å². The molecule has 0 radical (unpaired) electrons. The molecule has 10 aromatic rings. The van der Waals surface area contributed by atoms with Crippen LogP contribution in [0.4, 0.5) is 0 Å². The lowest BCUT2D eigenvalue weighted by Gasteiger charge is -2.22. The maximum absolute atomic E-state index is 11.6. The third-order valence-corrected chi connectivity index (χ3v) is 10.7. The SMILES string of the molecule is Oc1c(O)c(O)c2c(-c3ccc4oc5ccccc5c4c3)c3c(O)c(O)c(O)c(O)c3c(-c3ccc(-c4cccc5c4ccc4ccccc45)cc3)c2c1O. The van der Waals surface area contributed by atoms with Crippen LogP contribution in [-0.4, -0.2) is 40.9 Å². The topological polar surface area (TPSA) is 175 Å². The molecule has 0 spiro atoms. The molecule has 0 saturated carbocycles. The third-order valence-electron chi connectivity index (χ3n) is 10.7. The van der Waals surface area contributed by atoms with Gasteiger partial charge in [-0.1, -0.05) is 103 Å². The highest BCUT2D eigenvalue weighted by Gasteiger charge is 2.32. The Hall–Kier alpha value is -7.78. The van der Waals surface area contributed by atoms with E-state index in [9.17, 15) is 40.9 Å². The summed E-state index contributed by atoms with van der Waals surface area (Å²) in [7, 11) is 0. The summed E-state index contributed by atoms with van der Waals surface area (Å²) in [5, 5.41) is 95.2. The van der Waals surface area contributed by atoms with Crippen LogP contribution in [0, 0.1) is 0 Å². The lowest BCUT2D eigenvalue weighted by Crippen LogP contribution is -1.95. The molecular formula is C46H28O9. The summed E-state index contributed by atoms with van der Waals surface area (Å²) in [4.78, 5) is 0. The Bertz CT molecular complexity index is 3210. The number of fused-ring (bicyclic) bond motifs is 8. The Morgan fingerprint density at radius 2 is 0.800 bits per heavy atom. The predicted octanol–water partition coefficient (Wildman–Crippen LogP) is 10.8. The molecule has 0 aliphatic heterocycles. The molecule has 9 aromatic carbocycles. The summed E-state index contributed by atoms with van der Waals surface area (Å²) >= 11 is 0. The zero-order valence-electron chi connectivity index (χ0n) is 28.5. The number of rotatable bonds is 3. The van der Waals surface area contributed by atoms with Gasteiger partial charge >= 0.3 is 0 Å². The van der Waals surface area contributed by atoms with E-state index in [0.29, 0.717) is 27.7 Å². The summed E-state index contributed by atoms with van der Waals surface area (Å²) in [5.41, 5.74) is 3.47. The smallest absolute Gasteiger partial charge is 0.204 e. The molecule has 0 amide bonds. The number of aromatic hydroxyl groups is 8. The molecule has 0 atom stereocenters. The highest BCUT2D eigenvalue weighted by atomic mass is 16.4. The Labute approximate surface area is 310 Å². The van der Waals surface area contributed by atoms with Gasteiger partial charge in [0.2, 0.25) is 23.0 Å². The molecule has 9 heteroatoms. The van der Waals surface area contributed by atoms with E-state index in [1.165, 1.54) is 0 Å². The molecule has 0 bridgehead atoms. The van der Waals surface area contributed by atoms with Crippen molar-refractivity contribution in [2.45, 2.75) is 0 Å². The van der Waals surface area contributed by atoms with Gasteiger partial charge in [-0.15, -0.1) is 0 Å². The van der Waals surface area contributed by atoms with Gasteiger partial charge in [-0.05, 0) is 62.0 Å². The minimum absolute atomic E-state index is 0.0229. The van der Waals surface area contributed by atoms with Crippen LogP contribution >= 0.6 is 0 Å². The van der Waals surface area contributed by atoms with Crippen LogP contribution in [-0.2, 0) is 0 Å². The molecule has 8 N–H and O–H groups in total. The summed E-state index contributed by atoms with van der Waals surface area (Å²) in [6.45, 7) is 0. The van der Waals surface area contributed by atoms with Crippen molar-refractivity contribution in [2.24, 2.45) is 0 Å². The Balaban J connectivity index is 1.31. The second-order valence-corrected chi connectivity index (χ2v) is 13.6. The number of furan rings is 1. The standard InChI is InChI=1S/C46H28O9/c47-39-35-33(23-14-12-22(13-15-23)26-9-5-10-27-25-7-2-1-6-21(25)16-18-28(26)27)36-38(42(50)46(54)44(52)40(36)48)34(37(35)41(49)45(53)43(39)51)24-17-19-32-30(20-24)29-8-3-4-11-31(29)55-32/h1-20,47-54H. The summed E-state index contributed by atoms with van der Waals surface area (Å²) in [5.74, 6) is -7.48. The molecule has 0 unspecified atom stereocenters. The normalized spacial score (nSPS) is 11.9. The molecule has 266 valence electrons. The first-order valence-corrected chi connectivity index (χ1v) is 17.3. The number of para-hydroxylation sites is 1. The van der Waals surface area contributed by atoms with Crippen molar-refractivity contribution in [3.8, 4) is 79.4 Å². The number of hydrogen-bond acceptors (Lipinski definition) is 9. The number of phenols is 8. The van der Waals surface area contributed by atoms with Crippen molar-refractivity contribution >= 4 is 65.0 Å². The van der Waals surface area contributed by atoms with E-state index >= 15 is 0 Å². The van der Waals surface area contributed by atoms with Gasteiger partial charge in [-0.2, -0.15) is 0 Å². The molecule has 1 heterocycles. The number of phenolic OH excluding ortho intramolecular Hbond substituents is 8. The molecule has 9 nitrogen and oxygen atoms in total. The highest BCUT2D eigenvalue weighted by molar-refractivity contribution is 6.29. The third kappa shape index (κ3) is 4.35. The average molecular weight is 725 g/mol. The fourth-order valence-electron chi connectivity index (χ4n) is 8.19. The van der Waals surface area contributed by atoms with Crippen LogP contribution in [0.15, 0.2) is 126 Å². The first kappa shape index (κ1) is 31.9.